The first-order valence-corrected chi connectivity index (χ1v) is 15.0. The van der Waals surface area contributed by atoms with Gasteiger partial charge in [0, 0.05) is 17.8 Å². The molecule has 0 bridgehead atoms. The summed E-state index contributed by atoms with van der Waals surface area (Å²) >= 11 is 3.60. The number of nitrogens with one attached hydrogen (secondary N) is 1. The molecule has 1 aliphatic heterocycles. The van der Waals surface area contributed by atoms with Crippen molar-refractivity contribution < 1.29 is 43.5 Å². The van der Waals surface area contributed by atoms with Crippen LogP contribution in [0.1, 0.15) is 26.3 Å². The van der Waals surface area contributed by atoms with Gasteiger partial charge in [-0.15, -0.1) is 0 Å². The summed E-state index contributed by atoms with van der Waals surface area (Å²) in [6.07, 6.45) is -0.803. The molecular formula is C28H29BrN4O10S. The number of nitro benzene ring substituents is 1. The van der Waals surface area contributed by atoms with E-state index in [1.54, 1.807) is 51.1 Å². The molecule has 0 saturated carbocycles. The molecule has 2 unspecified atom stereocenters. The number of halogens is 1. The zero-order chi connectivity index (χ0) is 32.6. The number of hydrogen-bond acceptors (Lipinski definition) is 11. The first kappa shape index (κ1) is 34.1. The lowest BCUT2D eigenvalue weighted by Gasteiger charge is -2.46. The van der Waals surface area contributed by atoms with Gasteiger partial charge in [-0.05, 0) is 50.6 Å². The molecule has 44 heavy (non-hydrogen) atoms. The van der Waals surface area contributed by atoms with Crippen molar-refractivity contribution >= 4 is 68.6 Å². The van der Waals surface area contributed by atoms with Gasteiger partial charge in [0.25, 0.3) is 11.6 Å². The van der Waals surface area contributed by atoms with Crippen molar-refractivity contribution in [2.75, 3.05) is 16.8 Å². The third-order valence-electron chi connectivity index (χ3n) is 5.89. The van der Waals surface area contributed by atoms with Crippen molar-refractivity contribution in [3.63, 3.8) is 0 Å². The second-order valence-corrected chi connectivity index (χ2v) is 11.7. The molecule has 14 nitrogen and oxygen atoms in total. The minimum Gasteiger partial charge on any atom is -0.509 e. The highest BCUT2D eigenvalue weighted by Gasteiger charge is 2.53. The number of anilines is 1. The monoisotopic (exact) mass is 692 g/mol. The van der Waals surface area contributed by atoms with Crippen LogP contribution in [0.4, 0.5) is 16.2 Å². The van der Waals surface area contributed by atoms with Crippen molar-refractivity contribution in [3.05, 3.63) is 81.7 Å². The normalized spacial score (nSPS) is 16.6. The zero-order valence-electron chi connectivity index (χ0n) is 23.8. The Morgan fingerprint density at radius 2 is 1.80 bits per heavy atom. The van der Waals surface area contributed by atoms with E-state index in [0.717, 1.165) is 9.80 Å². The van der Waals surface area contributed by atoms with E-state index in [2.05, 4.69) is 21.2 Å². The van der Waals surface area contributed by atoms with Crippen molar-refractivity contribution in [3.8, 4) is 0 Å². The molecule has 0 aliphatic carbocycles. The molecule has 1 aliphatic rings. The molecular weight excluding hydrogens is 664 g/mol. The number of allylic oxidation sites excluding steroid dienone is 1. The Morgan fingerprint density at radius 3 is 2.34 bits per heavy atom. The Bertz CT molecular complexity index is 1450. The SMILES string of the molecule is CC(C)(C)OC(=O)N(CC(=O)NC1C(=O)N(/C(C(=O)OCc2ccc([N+](=O)[O-])cc2)=C(\O)CBr)C1SC=O)c1ccccc1. The first-order valence-electron chi connectivity index (χ1n) is 12.9. The van der Waals surface area contributed by atoms with E-state index in [0.29, 0.717) is 28.6 Å². The Kier molecular flexibility index (Phi) is 11.5. The quantitative estimate of drug-likeness (QED) is 0.0481. The molecule has 1 fully saturated rings. The molecule has 2 atom stereocenters. The highest BCUT2D eigenvalue weighted by atomic mass is 79.9. The molecule has 0 aromatic heterocycles. The molecule has 2 N–H and O–H groups in total. The van der Waals surface area contributed by atoms with E-state index in [1.807, 2.05) is 0 Å². The number of likely N-dealkylation sites (tertiary alicyclic amines) is 1. The summed E-state index contributed by atoms with van der Waals surface area (Å²) < 4.78 is 10.7. The zero-order valence-corrected chi connectivity index (χ0v) is 26.2. The molecule has 16 heteroatoms. The van der Waals surface area contributed by atoms with Gasteiger partial charge >= 0.3 is 12.1 Å². The summed E-state index contributed by atoms with van der Waals surface area (Å²) in [5, 5.41) is 22.5. The van der Waals surface area contributed by atoms with E-state index in [9.17, 15) is 39.2 Å². The number of ether oxygens (including phenoxy) is 2. The second-order valence-electron chi connectivity index (χ2n) is 10.2. The van der Waals surface area contributed by atoms with Gasteiger partial charge in [-0.1, -0.05) is 45.9 Å². The Labute approximate surface area is 264 Å². The number of aliphatic hydroxyl groups excluding tert-OH is 1. The van der Waals surface area contributed by atoms with Crippen LogP contribution in [0.15, 0.2) is 66.1 Å². The number of para-hydroxylation sites is 1. The maximum Gasteiger partial charge on any atom is 0.415 e. The van der Waals surface area contributed by atoms with Gasteiger partial charge < -0.3 is 19.9 Å². The van der Waals surface area contributed by atoms with Crippen LogP contribution in [0.2, 0.25) is 0 Å². The van der Waals surface area contributed by atoms with Crippen LogP contribution >= 0.6 is 27.7 Å². The largest absolute Gasteiger partial charge is 0.509 e. The second kappa shape index (κ2) is 14.8. The van der Waals surface area contributed by atoms with Crippen LogP contribution in [0.5, 0.6) is 0 Å². The molecule has 3 rings (SSSR count). The van der Waals surface area contributed by atoms with Gasteiger partial charge in [0.2, 0.25) is 5.91 Å². The van der Waals surface area contributed by atoms with Crippen molar-refractivity contribution in [1.82, 2.24) is 10.2 Å². The van der Waals surface area contributed by atoms with Crippen molar-refractivity contribution in [2.45, 2.75) is 44.4 Å². The maximum absolute atomic E-state index is 13.2. The number of thioether (sulfide) groups is 1. The van der Waals surface area contributed by atoms with Gasteiger partial charge in [0.1, 0.15) is 35.9 Å². The topological polar surface area (TPSA) is 186 Å². The van der Waals surface area contributed by atoms with Crippen LogP contribution in [-0.4, -0.2) is 73.3 Å². The molecule has 234 valence electrons. The summed E-state index contributed by atoms with van der Waals surface area (Å²) in [4.78, 5) is 76.0. The highest BCUT2D eigenvalue weighted by Crippen LogP contribution is 2.34. The Hall–Kier alpha value is -4.44. The lowest BCUT2D eigenvalue weighted by Crippen LogP contribution is -2.70. The Morgan fingerprint density at radius 1 is 1.16 bits per heavy atom. The third-order valence-corrected chi connectivity index (χ3v) is 7.29. The molecule has 0 radical (unpaired) electrons. The molecule has 2 aromatic carbocycles. The molecule has 1 saturated heterocycles. The molecule has 0 spiro atoms. The standard InChI is InChI=1S/C28H29BrN4O10S/c1-28(2,3)43-27(39)31(18-7-5-4-6-8-18)14-21(36)30-22-24(37)32(25(22)44-16-34)23(20(35)13-29)26(38)42-15-17-9-11-19(12-10-17)33(40)41/h4-12,16,22,25,35H,13-15H2,1-3H3,(H,30,36)/b23-20-. The number of nitro groups is 1. The van der Waals surface area contributed by atoms with Crippen LogP contribution in [-0.2, 0) is 35.3 Å². The average molecular weight is 694 g/mol. The first-order chi connectivity index (χ1) is 20.8. The summed E-state index contributed by atoms with van der Waals surface area (Å²) in [7, 11) is 0. The van der Waals surface area contributed by atoms with E-state index in [1.165, 1.54) is 24.3 Å². The van der Waals surface area contributed by atoms with E-state index >= 15 is 0 Å². The lowest BCUT2D eigenvalue weighted by molar-refractivity contribution is -0.384. The number of rotatable bonds is 12. The minimum atomic E-state index is -1.30. The molecule has 1 heterocycles. The number of nitrogens with zero attached hydrogens (tertiary/aromatic N) is 3. The fraction of sp³-hybridized carbons (Fsp3) is 0.321. The van der Waals surface area contributed by atoms with Crippen LogP contribution in [0, 0.1) is 10.1 Å². The van der Waals surface area contributed by atoms with E-state index in [-0.39, 0.29) is 17.6 Å². The van der Waals surface area contributed by atoms with Gasteiger partial charge in [-0.3, -0.25) is 34.3 Å². The predicted molar refractivity (Wildman–Crippen MR) is 163 cm³/mol. The lowest BCUT2D eigenvalue weighted by atomic mass is 10.0. The predicted octanol–water partition coefficient (Wildman–Crippen LogP) is 3.82. The number of esters is 1. The highest BCUT2D eigenvalue weighted by molar-refractivity contribution is 9.09. The fourth-order valence-electron chi connectivity index (χ4n) is 3.93. The maximum atomic E-state index is 13.2. The fourth-order valence-corrected chi connectivity index (χ4v) is 4.98. The van der Waals surface area contributed by atoms with Crippen LogP contribution in [0.25, 0.3) is 0 Å². The Balaban J connectivity index is 1.76. The number of benzene rings is 2. The van der Waals surface area contributed by atoms with Crippen LogP contribution < -0.4 is 10.2 Å². The van der Waals surface area contributed by atoms with Crippen molar-refractivity contribution in [2.24, 2.45) is 0 Å². The van der Waals surface area contributed by atoms with Gasteiger partial charge in [0.05, 0.1) is 10.3 Å². The van der Waals surface area contributed by atoms with Crippen molar-refractivity contribution in [1.29, 1.82) is 0 Å². The summed E-state index contributed by atoms with van der Waals surface area (Å²) in [6, 6.07) is 12.2. The average Bonchev–Trinajstić information content (AvgIpc) is 2.98. The number of non-ortho nitro benzene ring substituents is 1. The van der Waals surface area contributed by atoms with Crippen LogP contribution in [0.3, 0.4) is 0 Å². The third kappa shape index (κ3) is 8.57. The summed E-state index contributed by atoms with van der Waals surface area (Å²) in [6.45, 7) is 4.13. The van der Waals surface area contributed by atoms with E-state index in [4.69, 9.17) is 9.47 Å². The van der Waals surface area contributed by atoms with E-state index < -0.39 is 63.8 Å². The number of β-lactam (4-membered cyclic amide) rings is 1. The molecule has 2 aromatic rings. The van der Waals surface area contributed by atoms with Gasteiger partial charge in [-0.2, -0.15) is 0 Å². The minimum absolute atomic E-state index is 0.163. The smallest absolute Gasteiger partial charge is 0.415 e. The number of aliphatic hydroxyl groups is 1. The number of hydrogen-bond donors (Lipinski definition) is 2. The summed E-state index contributed by atoms with van der Waals surface area (Å²) in [5.41, 5.74) is -0.411. The summed E-state index contributed by atoms with van der Waals surface area (Å²) in [5.74, 6) is -3.27. The van der Waals surface area contributed by atoms with Gasteiger partial charge in [0.15, 0.2) is 11.3 Å². The number of carbonyl (C=O) groups excluding carboxylic acids is 5. The number of amides is 3. The molecule has 3 amide bonds. The number of alkyl halides is 1. The number of carbonyl (C=O) groups is 5. The van der Waals surface area contributed by atoms with Gasteiger partial charge in [-0.25, -0.2) is 9.59 Å².